The number of nitrogens with zero attached hydrogens (tertiary/aromatic N) is 4. The van der Waals surface area contributed by atoms with Gasteiger partial charge in [0.1, 0.15) is 0 Å². The lowest BCUT2D eigenvalue weighted by molar-refractivity contribution is 0.102. The summed E-state index contributed by atoms with van der Waals surface area (Å²) < 4.78 is 1.63. The van der Waals surface area contributed by atoms with E-state index in [0.29, 0.717) is 11.3 Å². The Kier molecular flexibility index (Phi) is 6.50. The summed E-state index contributed by atoms with van der Waals surface area (Å²) in [5.41, 5.74) is 9.23. The normalized spacial score (nSPS) is 10.8. The molecule has 5 aromatic rings. The van der Waals surface area contributed by atoms with Gasteiger partial charge >= 0.3 is 6.09 Å². The van der Waals surface area contributed by atoms with E-state index >= 15 is 0 Å². The number of hydrogen-bond acceptors (Lipinski definition) is 5. The topological polar surface area (TPSA) is 126 Å². The molecule has 0 aliphatic heterocycles. The highest BCUT2D eigenvalue weighted by molar-refractivity contribution is 6.05. The molecule has 2 heterocycles. The van der Waals surface area contributed by atoms with E-state index in [-0.39, 0.29) is 24.8 Å². The van der Waals surface area contributed by atoms with Gasteiger partial charge in [-0.15, -0.1) is 5.10 Å². The Morgan fingerprint density at radius 1 is 0.919 bits per heavy atom. The number of nitrogens with one attached hydrogen (secondary N) is 1. The average molecular weight is 493 g/mol. The number of carbonyl (C=O) groups excluding carboxylic acids is 1. The molecule has 4 N–H and O–H groups in total. The highest BCUT2D eigenvalue weighted by atomic mass is 16.4. The molecule has 0 aliphatic carbocycles. The molecule has 0 saturated heterocycles. The van der Waals surface area contributed by atoms with Crippen LogP contribution < -0.4 is 11.1 Å². The molecule has 9 heteroatoms. The molecule has 0 aliphatic rings. The fourth-order valence-corrected chi connectivity index (χ4v) is 4.00. The zero-order valence-corrected chi connectivity index (χ0v) is 19.8. The summed E-state index contributed by atoms with van der Waals surface area (Å²) in [6, 6.07) is 24.3. The lowest BCUT2D eigenvalue weighted by atomic mass is 10.1. The van der Waals surface area contributed by atoms with Crippen molar-refractivity contribution in [1.82, 2.24) is 19.7 Å². The monoisotopic (exact) mass is 492 g/mol. The van der Waals surface area contributed by atoms with Gasteiger partial charge in [0.15, 0.2) is 5.82 Å². The average Bonchev–Trinajstić information content (AvgIpc) is 3.28. The van der Waals surface area contributed by atoms with Crippen LogP contribution in [0, 0.1) is 0 Å². The van der Waals surface area contributed by atoms with Gasteiger partial charge in [-0.3, -0.25) is 14.7 Å². The maximum absolute atomic E-state index is 12.8. The zero-order chi connectivity index (χ0) is 25.8. The fraction of sp³-hybridized carbons (Fsp3) is 0.0714. The van der Waals surface area contributed by atoms with Gasteiger partial charge in [-0.05, 0) is 52.2 Å². The molecule has 0 spiro atoms. The van der Waals surface area contributed by atoms with Crippen LogP contribution in [-0.4, -0.2) is 36.8 Å². The van der Waals surface area contributed by atoms with Crippen LogP contribution in [0.1, 0.15) is 21.5 Å². The van der Waals surface area contributed by atoms with Crippen LogP contribution in [0.3, 0.4) is 0 Å². The summed E-state index contributed by atoms with van der Waals surface area (Å²) in [7, 11) is 0. The Balaban J connectivity index is 1.26. The molecular formula is C28H24N6O3. The number of anilines is 2. The number of aromatic nitrogens is 3. The fourth-order valence-electron chi connectivity index (χ4n) is 4.00. The SMILES string of the molecule is Nc1cn(-c2ccc3ccccc3c2)nc1NC(=O)c1ccc(CN(Cc2cccnc2)C(=O)O)cc1. The third-order valence-electron chi connectivity index (χ3n) is 5.93. The van der Waals surface area contributed by atoms with Crippen LogP contribution in [0.5, 0.6) is 0 Å². The number of hydrogen-bond donors (Lipinski definition) is 3. The summed E-state index contributed by atoms with van der Waals surface area (Å²) in [6.45, 7) is 0.389. The van der Waals surface area contributed by atoms with E-state index in [2.05, 4.69) is 15.4 Å². The molecule has 2 aromatic heterocycles. The molecule has 9 nitrogen and oxygen atoms in total. The van der Waals surface area contributed by atoms with Crippen LogP contribution in [0.25, 0.3) is 16.5 Å². The predicted octanol–water partition coefficient (Wildman–Crippen LogP) is 4.94. The molecular weight excluding hydrogens is 468 g/mol. The molecule has 0 atom stereocenters. The maximum atomic E-state index is 12.8. The molecule has 5 rings (SSSR count). The first-order chi connectivity index (χ1) is 18.0. The molecule has 0 unspecified atom stereocenters. The van der Waals surface area contributed by atoms with E-state index in [0.717, 1.165) is 27.6 Å². The number of carbonyl (C=O) groups is 2. The van der Waals surface area contributed by atoms with E-state index in [1.165, 1.54) is 4.90 Å². The molecule has 0 fully saturated rings. The van der Waals surface area contributed by atoms with Gasteiger partial charge in [-0.25, -0.2) is 9.48 Å². The van der Waals surface area contributed by atoms with E-state index < -0.39 is 6.09 Å². The van der Waals surface area contributed by atoms with Gasteiger partial charge in [0.2, 0.25) is 0 Å². The second kappa shape index (κ2) is 10.2. The third kappa shape index (κ3) is 5.40. The lowest BCUT2D eigenvalue weighted by Crippen LogP contribution is -2.28. The van der Waals surface area contributed by atoms with Crippen molar-refractivity contribution in [1.29, 1.82) is 0 Å². The molecule has 37 heavy (non-hydrogen) atoms. The Morgan fingerprint density at radius 3 is 2.41 bits per heavy atom. The minimum absolute atomic E-state index is 0.176. The predicted molar refractivity (Wildman–Crippen MR) is 141 cm³/mol. The van der Waals surface area contributed by atoms with Crippen molar-refractivity contribution in [2.45, 2.75) is 13.1 Å². The number of fused-ring (bicyclic) bond motifs is 1. The van der Waals surface area contributed by atoms with Crippen LogP contribution >= 0.6 is 0 Å². The van der Waals surface area contributed by atoms with Crippen LogP contribution in [-0.2, 0) is 13.1 Å². The van der Waals surface area contributed by atoms with Gasteiger partial charge in [0, 0.05) is 24.5 Å². The highest BCUT2D eigenvalue weighted by Crippen LogP contribution is 2.23. The Hall–Kier alpha value is -5.18. The molecule has 0 radical (unpaired) electrons. The standard InChI is InChI=1S/C28H24N6O3/c29-25-18-34(24-12-11-21-5-1-2-6-23(21)14-24)32-26(25)31-27(35)22-9-7-19(8-10-22)16-33(28(36)37)17-20-4-3-13-30-15-20/h1-15,18H,16-17,29H2,(H,36,37)(H,31,32,35). The number of benzene rings is 3. The van der Waals surface area contributed by atoms with Crippen molar-refractivity contribution in [3.05, 3.63) is 114 Å². The van der Waals surface area contributed by atoms with Gasteiger partial charge in [-0.1, -0.05) is 48.5 Å². The molecule has 2 amide bonds. The van der Waals surface area contributed by atoms with Crippen molar-refractivity contribution in [3.63, 3.8) is 0 Å². The zero-order valence-electron chi connectivity index (χ0n) is 19.8. The second-order valence-electron chi connectivity index (χ2n) is 8.56. The number of amides is 2. The second-order valence-corrected chi connectivity index (χ2v) is 8.56. The van der Waals surface area contributed by atoms with Crippen LogP contribution in [0.15, 0.2) is 97.5 Å². The van der Waals surface area contributed by atoms with Crippen molar-refractivity contribution in [3.8, 4) is 5.69 Å². The van der Waals surface area contributed by atoms with E-state index in [1.807, 2.05) is 48.5 Å². The number of carboxylic acid groups (broad SMARTS) is 1. The van der Waals surface area contributed by atoms with E-state index in [4.69, 9.17) is 5.73 Å². The first-order valence-corrected chi connectivity index (χ1v) is 11.6. The molecule has 184 valence electrons. The molecule has 0 saturated carbocycles. The Morgan fingerprint density at radius 2 is 1.68 bits per heavy atom. The van der Waals surface area contributed by atoms with Crippen molar-refractivity contribution in [2.24, 2.45) is 0 Å². The lowest BCUT2D eigenvalue weighted by Gasteiger charge is -2.19. The highest BCUT2D eigenvalue weighted by Gasteiger charge is 2.15. The molecule has 0 bridgehead atoms. The first kappa shape index (κ1) is 23.6. The minimum Gasteiger partial charge on any atom is -0.465 e. The van der Waals surface area contributed by atoms with Crippen molar-refractivity contribution < 1.29 is 14.7 Å². The van der Waals surface area contributed by atoms with Gasteiger partial charge in [0.05, 0.1) is 24.1 Å². The minimum atomic E-state index is -1.04. The van der Waals surface area contributed by atoms with Gasteiger partial charge < -0.3 is 16.2 Å². The largest absolute Gasteiger partial charge is 0.465 e. The summed E-state index contributed by atoms with van der Waals surface area (Å²) in [5.74, 6) is -0.108. The van der Waals surface area contributed by atoms with Crippen LogP contribution in [0.2, 0.25) is 0 Å². The summed E-state index contributed by atoms with van der Waals surface area (Å²) in [4.78, 5) is 29.9. The Labute approximate surface area is 212 Å². The van der Waals surface area contributed by atoms with Crippen LogP contribution in [0.4, 0.5) is 16.3 Å². The van der Waals surface area contributed by atoms with Gasteiger partial charge in [-0.2, -0.15) is 0 Å². The number of rotatable bonds is 7. The third-order valence-corrected chi connectivity index (χ3v) is 5.93. The first-order valence-electron chi connectivity index (χ1n) is 11.6. The number of nitrogens with two attached hydrogens (primary N) is 1. The number of pyridine rings is 1. The quantitative estimate of drug-likeness (QED) is 0.296. The maximum Gasteiger partial charge on any atom is 0.407 e. The Bertz CT molecular complexity index is 1560. The van der Waals surface area contributed by atoms with E-state index in [1.54, 1.807) is 53.6 Å². The summed E-state index contributed by atoms with van der Waals surface area (Å²) in [5, 5.41) is 19.0. The summed E-state index contributed by atoms with van der Waals surface area (Å²) >= 11 is 0. The smallest absolute Gasteiger partial charge is 0.407 e. The van der Waals surface area contributed by atoms with Gasteiger partial charge in [0.25, 0.3) is 5.91 Å². The molecule has 3 aromatic carbocycles. The number of nitrogen functional groups attached to an aromatic ring is 1. The van der Waals surface area contributed by atoms with Crippen molar-refractivity contribution in [2.75, 3.05) is 11.1 Å². The van der Waals surface area contributed by atoms with E-state index in [9.17, 15) is 14.7 Å². The van der Waals surface area contributed by atoms with Crippen molar-refractivity contribution >= 4 is 34.3 Å². The summed E-state index contributed by atoms with van der Waals surface area (Å²) in [6.07, 6.45) is 3.89.